The van der Waals surface area contributed by atoms with Gasteiger partial charge in [0.1, 0.15) is 0 Å². The number of fused-ring (bicyclic) bond motifs is 1. The number of carbonyl (C=O) groups excluding carboxylic acids is 3. The van der Waals surface area contributed by atoms with Crippen LogP contribution in [0.2, 0.25) is 0 Å². The second-order valence-electron chi connectivity index (χ2n) is 4.80. The van der Waals surface area contributed by atoms with Crippen molar-refractivity contribution in [3.8, 4) is 0 Å². The molecule has 0 saturated heterocycles. The van der Waals surface area contributed by atoms with Crippen LogP contribution in [0.1, 0.15) is 33.9 Å². The number of benzene rings is 1. The molecule has 5 heteroatoms. The molecule has 0 spiro atoms. The van der Waals surface area contributed by atoms with Gasteiger partial charge in [0.2, 0.25) is 0 Å². The molecule has 20 heavy (non-hydrogen) atoms. The fourth-order valence-electron chi connectivity index (χ4n) is 2.93. The number of aryl methyl sites for hydroxylation is 1. The molecule has 1 atom stereocenters. The molecule has 0 fully saturated rings. The standard InChI is InChI=1S/C15H13NO4/c1-20-15(19)10-4-2-3-9-5-6-11(14(9)10)16-12(17)7-8-13(16)18/h2-4,7-8,11H,5-6H2,1H3/t11-/m0/s1. The van der Waals surface area contributed by atoms with E-state index in [4.69, 9.17) is 4.74 Å². The first kappa shape index (κ1) is 12.6. The summed E-state index contributed by atoms with van der Waals surface area (Å²) in [7, 11) is 1.32. The normalized spacial score (nSPS) is 20.4. The average molecular weight is 271 g/mol. The number of hydrogen-bond acceptors (Lipinski definition) is 4. The van der Waals surface area contributed by atoms with Crippen LogP contribution in [0.25, 0.3) is 0 Å². The molecule has 0 aromatic heterocycles. The zero-order valence-electron chi connectivity index (χ0n) is 11.0. The smallest absolute Gasteiger partial charge is 0.338 e. The topological polar surface area (TPSA) is 63.7 Å². The maximum atomic E-state index is 11.9. The van der Waals surface area contributed by atoms with Gasteiger partial charge in [-0.1, -0.05) is 12.1 Å². The lowest BCUT2D eigenvalue weighted by molar-refractivity contribution is -0.139. The molecule has 0 unspecified atom stereocenters. The van der Waals surface area contributed by atoms with Crippen molar-refractivity contribution in [2.24, 2.45) is 0 Å². The van der Waals surface area contributed by atoms with Gasteiger partial charge in [-0.2, -0.15) is 0 Å². The molecular formula is C15H13NO4. The Morgan fingerprint density at radius 3 is 2.60 bits per heavy atom. The van der Waals surface area contributed by atoms with Crippen LogP contribution in [0.3, 0.4) is 0 Å². The van der Waals surface area contributed by atoms with Crippen molar-refractivity contribution < 1.29 is 19.1 Å². The lowest BCUT2D eigenvalue weighted by atomic mass is 10.00. The summed E-state index contributed by atoms with van der Waals surface area (Å²) in [6.07, 6.45) is 3.91. The molecule has 1 aliphatic heterocycles. The van der Waals surface area contributed by atoms with Gasteiger partial charge in [-0.3, -0.25) is 14.5 Å². The number of ether oxygens (including phenoxy) is 1. The van der Waals surface area contributed by atoms with Gasteiger partial charge in [-0.05, 0) is 30.0 Å². The summed E-state index contributed by atoms with van der Waals surface area (Å²) in [4.78, 5) is 36.8. The Morgan fingerprint density at radius 1 is 1.25 bits per heavy atom. The molecule has 1 aromatic carbocycles. The number of rotatable bonds is 2. The van der Waals surface area contributed by atoms with E-state index in [0.717, 1.165) is 17.5 Å². The molecule has 0 saturated carbocycles. The number of methoxy groups -OCH3 is 1. The molecule has 1 aliphatic carbocycles. The van der Waals surface area contributed by atoms with Crippen LogP contribution < -0.4 is 0 Å². The quantitative estimate of drug-likeness (QED) is 0.602. The fraction of sp³-hybridized carbons (Fsp3) is 0.267. The average Bonchev–Trinajstić information content (AvgIpc) is 3.01. The highest BCUT2D eigenvalue weighted by Crippen LogP contribution is 2.39. The minimum absolute atomic E-state index is 0.326. The molecule has 1 aromatic rings. The molecule has 2 amide bonds. The molecular weight excluding hydrogens is 258 g/mol. The maximum Gasteiger partial charge on any atom is 0.338 e. The van der Waals surface area contributed by atoms with Crippen molar-refractivity contribution in [2.45, 2.75) is 18.9 Å². The molecule has 1 heterocycles. The van der Waals surface area contributed by atoms with Crippen LogP contribution in [0.15, 0.2) is 30.4 Å². The van der Waals surface area contributed by atoms with Crippen LogP contribution in [0, 0.1) is 0 Å². The van der Waals surface area contributed by atoms with Crippen molar-refractivity contribution >= 4 is 17.8 Å². The summed E-state index contributed by atoms with van der Waals surface area (Å²) < 4.78 is 4.78. The van der Waals surface area contributed by atoms with Crippen LogP contribution in [0.4, 0.5) is 0 Å². The van der Waals surface area contributed by atoms with Gasteiger partial charge >= 0.3 is 5.97 Å². The van der Waals surface area contributed by atoms with E-state index in [0.29, 0.717) is 12.0 Å². The highest BCUT2D eigenvalue weighted by molar-refractivity contribution is 6.13. The Hall–Kier alpha value is -2.43. The summed E-state index contributed by atoms with van der Waals surface area (Å²) in [5.41, 5.74) is 2.16. The molecule has 0 radical (unpaired) electrons. The van der Waals surface area contributed by atoms with Crippen LogP contribution >= 0.6 is 0 Å². The molecule has 5 nitrogen and oxygen atoms in total. The van der Waals surface area contributed by atoms with Crippen molar-refractivity contribution in [1.82, 2.24) is 4.90 Å². The van der Waals surface area contributed by atoms with E-state index in [1.165, 1.54) is 24.2 Å². The largest absolute Gasteiger partial charge is 0.465 e. The predicted octanol–water partition coefficient (Wildman–Crippen LogP) is 1.39. The third-order valence-corrected chi connectivity index (χ3v) is 3.78. The van der Waals surface area contributed by atoms with Crippen molar-refractivity contribution in [3.63, 3.8) is 0 Å². The molecule has 2 aliphatic rings. The lowest BCUT2D eigenvalue weighted by Gasteiger charge is -2.24. The van der Waals surface area contributed by atoms with Gasteiger partial charge in [-0.15, -0.1) is 0 Å². The predicted molar refractivity (Wildman–Crippen MR) is 69.8 cm³/mol. The van der Waals surface area contributed by atoms with E-state index >= 15 is 0 Å². The Morgan fingerprint density at radius 2 is 1.95 bits per heavy atom. The summed E-state index contributed by atoms with van der Waals surface area (Å²) >= 11 is 0. The number of carbonyl (C=O) groups is 3. The third kappa shape index (κ3) is 1.74. The van der Waals surface area contributed by atoms with Crippen LogP contribution in [-0.2, 0) is 20.7 Å². The number of imide groups is 1. The lowest BCUT2D eigenvalue weighted by Crippen LogP contribution is -2.33. The molecule has 102 valence electrons. The van der Waals surface area contributed by atoms with Gasteiger partial charge < -0.3 is 4.74 Å². The first-order chi connectivity index (χ1) is 9.63. The molecule has 3 rings (SSSR count). The Bertz CT molecular complexity index is 629. The third-order valence-electron chi connectivity index (χ3n) is 3.78. The van der Waals surface area contributed by atoms with Crippen LogP contribution in [0.5, 0.6) is 0 Å². The monoisotopic (exact) mass is 271 g/mol. The molecule has 0 N–H and O–H groups in total. The van der Waals surface area contributed by atoms with Gasteiger partial charge in [0.15, 0.2) is 0 Å². The highest BCUT2D eigenvalue weighted by atomic mass is 16.5. The minimum Gasteiger partial charge on any atom is -0.465 e. The second-order valence-corrected chi connectivity index (χ2v) is 4.80. The summed E-state index contributed by atoms with van der Waals surface area (Å²) in [5.74, 6) is -1.10. The Kier molecular flexibility index (Phi) is 2.89. The van der Waals surface area contributed by atoms with Crippen molar-refractivity contribution in [3.05, 3.63) is 47.0 Å². The minimum atomic E-state index is -0.444. The van der Waals surface area contributed by atoms with Gasteiger partial charge in [0.25, 0.3) is 11.8 Å². The van der Waals surface area contributed by atoms with Crippen molar-refractivity contribution in [1.29, 1.82) is 0 Å². The Labute approximate surface area is 115 Å². The zero-order valence-corrected chi connectivity index (χ0v) is 11.0. The van der Waals surface area contributed by atoms with E-state index < -0.39 is 5.97 Å². The number of nitrogens with zero attached hydrogens (tertiary/aromatic N) is 1. The number of hydrogen-bond donors (Lipinski definition) is 0. The van der Waals surface area contributed by atoms with E-state index in [1.807, 2.05) is 6.07 Å². The van der Waals surface area contributed by atoms with E-state index in [1.54, 1.807) is 12.1 Å². The van der Waals surface area contributed by atoms with Gasteiger partial charge in [0.05, 0.1) is 18.7 Å². The van der Waals surface area contributed by atoms with Crippen molar-refractivity contribution in [2.75, 3.05) is 7.11 Å². The summed E-state index contributed by atoms with van der Waals surface area (Å²) in [6.45, 7) is 0. The van der Waals surface area contributed by atoms with E-state index in [-0.39, 0.29) is 17.9 Å². The molecule has 0 bridgehead atoms. The summed E-state index contributed by atoms with van der Waals surface area (Å²) in [5, 5.41) is 0. The SMILES string of the molecule is COC(=O)c1cccc2c1[C@@H](N1C(=O)C=CC1=O)CC2. The first-order valence-corrected chi connectivity index (χ1v) is 6.39. The van der Waals surface area contributed by atoms with Crippen LogP contribution in [-0.4, -0.2) is 29.8 Å². The van der Waals surface area contributed by atoms with E-state index in [9.17, 15) is 14.4 Å². The fourth-order valence-corrected chi connectivity index (χ4v) is 2.93. The summed E-state index contributed by atoms with van der Waals surface area (Å²) in [6, 6.07) is 5.00. The Balaban J connectivity index is 2.07. The van der Waals surface area contributed by atoms with Gasteiger partial charge in [-0.25, -0.2) is 4.79 Å². The number of esters is 1. The highest BCUT2D eigenvalue weighted by Gasteiger charge is 2.38. The zero-order chi connectivity index (χ0) is 14.3. The van der Waals surface area contributed by atoms with Gasteiger partial charge in [0, 0.05) is 12.2 Å². The first-order valence-electron chi connectivity index (χ1n) is 6.39. The second kappa shape index (κ2) is 4.59. The van der Waals surface area contributed by atoms with E-state index in [2.05, 4.69) is 0 Å². The number of amides is 2. The maximum absolute atomic E-state index is 11.9.